The number of carbonyl (C=O) groups is 1. The number of thioether (sulfide) groups is 1. The number of carbonyl (C=O) groups excluding carboxylic acids is 1. The fourth-order valence-corrected chi connectivity index (χ4v) is 3.03. The minimum Gasteiger partial charge on any atom is -0.501 e. The molecule has 1 aromatic heterocycles. The molecule has 2 aromatic rings. The van der Waals surface area contributed by atoms with Crippen LogP contribution < -0.4 is 10.9 Å². The van der Waals surface area contributed by atoms with Crippen LogP contribution in [0.1, 0.15) is 16.1 Å². The van der Waals surface area contributed by atoms with Crippen molar-refractivity contribution in [2.24, 2.45) is 0 Å². The molecule has 0 unspecified atom stereocenters. The number of aromatic hydroxyl groups is 1. The lowest BCUT2D eigenvalue weighted by molar-refractivity contribution is 0.0941. The molecule has 114 valence electrons. The Morgan fingerprint density at radius 3 is 2.86 bits per heavy atom. The molecule has 1 aliphatic rings. The first kappa shape index (κ1) is 14.6. The van der Waals surface area contributed by atoms with Gasteiger partial charge in [-0.3, -0.25) is 14.2 Å². The SMILES string of the molecule is O=C(NCc1ccc(F)cc1)c1nc2n(c(=O)c1O)CCS2. The molecule has 2 heterocycles. The van der Waals surface area contributed by atoms with Crippen LogP contribution in [0.4, 0.5) is 4.39 Å². The van der Waals surface area contributed by atoms with Crippen LogP contribution in [-0.4, -0.2) is 26.3 Å². The maximum absolute atomic E-state index is 12.8. The molecule has 0 spiro atoms. The van der Waals surface area contributed by atoms with Crippen LogP contribution in [-0.2, 0) is 13.1 Å². The van der Waals surface area contributed by atoms with Crippen molar-refractivity contribution < 1.29 is 14.3 Å². The lowest BCUT2D eigenvalue weighted by atomic mass is 10.2. The molecule has 1 aliphatic heterocycles. The van der Waals surface area contributed by atoms with Gasteiger partial charge >= 0.3 is 0 Å². The predicted molar refractivity (Wildman–Crippen MR) is 78.5 cm³/mol. The summed E-state index contributed by atoms with van der Waals surface area (Å²) in [6.07, 6.45) is 0. The highest BCUT2D eigenvalue weighted by molar-refractivity contribution is 7.99. The van der Waals surface area contributed by atoms with Gasteiger partial charge in [-0.2, -0.15) is 0 Å². The van der Waals surface area contributed by atoms with Gasteiger partial charge in [-0.1, -0.05) is 23.9 Å². The highest BCUT2D eigenvalue weighted by atomic mass is 32.2. The van der Waals surface area contributed by atoms with E-state index in [0.717, 1.165) is 0 Å². The number of hydrogen-bond acceptors (Lipinski definition) is 5. The van der Waals surface area contributed by atoms with E-state index in [2.05, 4.69) is 10.3 Å². The lowest BCUT2D eigenvalue weighted by Gasteiger charge is -2.08. The average Bonchev–Trinajstić information content (AvgIpc) is 2.98. The molecule has 0 saturated heterocycles. The van der Waals surface area contributed by atoms with Crippen molar-refractivity contribution >= 4 is 17.7 Å². The van der Waals surface area contributed by atoms with E-state index in [1.54, 1.807) is 0 Å². The Balaban J connectivity index is 1.79. The van der Waals surface area contributed by atoms with Crippen molar-refractivity contribution in [1.82, 2.24) is 14.9 Å². The summed E-state index contributed by atoms with van der Waals surface area (Å²) in [5, 5.41) is 12.8. The van der Waals surface area contributed by atoms with Crippen molar-refractivity contribution in [3.8, 4) is 5.75 Å². The highest BCUT2D eigenvalue weighted by Crippen LogP contribution is 2.24. The number of hydrogen-bond donors (Lipinski definition) is 2. The summed E-state index contributed by atoms with van der Waals surface area (Å²) in [7, 11) is 0. The maximum atomic E-state index is 12.8. The summed E-state index contributed by atoms with van der Waals surface area (Å²) in [5.74, 6) is -0.974. The topological polar surface area (TPSA) is 84.2 Å². The van der Waals surface area contributed by atoms with Crippen LogP contribution in [0, 0.1) is 5.82 Å². The maximum Gasteiger partial charge on any atom is 0.297 e. The Bertz CT molecular complexity index is 789. The standard InChI is InChI=1S/C14H12FN3O3S/c15-9-3-1-8(2-4-9)7-16-12(20)10-11(19)13(21)18-5-6-22-14(18)17-10/h1-4,19H,5-7H2,(H,16,20). The second kappa shape index (κ2) is 5.80. The molecular formula is C14H12FN3O3S. The normalized spacial score (nSPS) is 13.0. The van der Waals surface area contributed by atoms with E-state index in [1.807, 2.05) is 0 Å². The number of amides is 1. The van der Waals surface area contributed by atoms with Gasteiger partial charge in [-0.25, -0.2) is 9.37 Å². The van der Waals surface area contributed by atoms with Gasteiger partial charge in [-0.05, 0) is 17.7 Å². The molecular weight excluding hydrogens is 309 g/mol. The molecule has 0 saturated carbocycles. The van der Waals surface area contributed by atoms with E-state index >= 15 is 0 Å². The lowest BCUT2D eigenvalue weighted by Crippen LogP contribution is -2.29. The van der Waals surface area contributed by atoms with Gasteiger partial charge in [0, 0.05) is 18.8 Å². The predicted octanol–water partition coefficient (Wildman–Crippen LogP) is 1.12. The molecule has 22 heavy (non-hydrogen) atoms. The summed E-state index contributed by atoms with van der Waals surface area (Å²) < 4.78 is 14.1. The van der Waals surface area contributed by atoms with Crippen molar-refractivity contribution in [1.29, 1.82) is 0 Å². The Labute approximate surface area is 129 Å². The number of aromatic nitrogens is 2. The van der Waals surface area contributed by atoms with Gasteiger partial charge in [0.05, 0.1) is 0 Å². The molecule has 0 atom stereocenters. The van der Waals surface area contributed by atoms with Crippen molar-refractivity contribution in [2.75, 3.05) is 5.75 Å². The smallest absolute Gasteiger partial charge is 0.297 e. The second-order valence-electron chi connectivity index (χ2n) is 4.71. The van der Waals surface area contributed by atoms with Gasteiger partial charge < -0.3 is 10.4 Å². The van der Waals surface area contributed by atoms with E-state index < -0.39 is 17.2 Å². The molecule has 8 heteroatoms. The monoisotopic (exact) mass is 321 g/mol. The van der Waals surface area contributed by atoms with E-state index in [0.29, 0.717) is 23.0 Å². The Morgan fingerprint density at radius 2 is 2.14 bits per heavy atom. The van der Waals surface area contributed by atoms with Gasteiger partial charge in [0.2, 0.25) is 5.75 Å². The molecule has 1 amide bonds. The highest BCUT2D eigenvalue weighted by Gasteiger charge is 2.23. The number of nitrogens with zero attached hydrogens (tertiary/aromatic N) is 2. The Hall–Kier alpha value is -2.35. The number of nitrogens with one attached hydrogen (secondary N) is 1. The van der Waals surface area contributed by atoms with Crippen LogP contribution in [0.5, 0.6) is 5.75 Å². The summed E-state index contributed by atoms with van der Waals surface area (Å²) in [6, 6.07) is 5.65. The number of rotatable bonds is 3. The molecule has 6 nitrogen and oxygen atoms in total. The van der Waals surface area contributed by atoms with Crippen LogP contribution >= 0.6 is 11.8 Å². The van der Waals surface area contributed by atoms with Gasteiger partial charge in [0.25, 0.3) is 11.5 Å². The molecule has 1 aromatic carbocycles. The summed E-state index contributed by atoms with van der Waals surface area (Å²) in [6.45, 7) is 0.614. The van der Waals surface area contributed by atoms with E-state index in [4.69, 9.17) is 0 Å². The average molecular weight is 321 g/mol. The van der Waals surface area contributed by atoms with Crippen molar-refractivity contribution in [3.63, 3.8) is 0 Å². The van der Waals surface area contributed by atoms with Crippen LogP contribution in [0.2, 0.25) is 0 Å². The van der Waals surface area contributed by atoms with Gasteiger partial charge in [-0.15, -0.1) is 0 Å². The fraction of sp³-hybridized carbons (Fsp3) is 0.214. The molecule has 3 rings (SSSR count). The second-order valence-corrected chi connectivity index (χ2v) is 5.77. The zero-order valence-electron chi connectivity index (χ0n) is 11.4. The fourth-order valence-electron chi connectivity index (χ4n) is 2.09. The summed E-state index contributed by atoms with van der Waals surface area (Å²) in [4.78, 5) is 28.1. The quantitative estimate of drug-likeness (QED) is 0.828. The van der Waals surface area contributed by atoms with Crippen molar-refractivity contribution in [3.05, 3.63) is 51.7 Å². The van der Waals surface area contributed by atoms with Crippen LogP contribution in [0.25, 0.3) is 0 Å². The number of fused-ring (bicyclic) bond motifs is 1. The third-order valence-electron chi connectivity index (χ3n) is 3.24. The van der Waals surface area contributed by atoms with E-state index in [9.17, 15) is 19.1 Å². The first-order chi connectivity index (χ1) is 10.6. The van der Waals surface area contributed by atoms with Gasteiger partial charge in [0.1, 0.15) is 5.82 Å². The van der Waals surface area contributed by atoms with E-state index in [-0.39, 0.29) is 18.1 Å². The largest absolute Gasteiger partial charge is 0.501 e. The Morgan fingerprint density at radius 1 is 1.41 bits per heavy atom. The molecule has 0 bridgehead atoms. The molecule has 0 fully saturated rings. The molecule has 0 radical (unpaired) electrons. The zero-order valence-corrected chi connectivity index (χ0v) is 12.2. The van der Waals surface area contributed by atoms with Crippen molar-refractivity contribution in [2.45, 2.75) is 18.2 Å². The summed E-state index contributed by atoms with van der Waals surface area (Å²) >= 11 is 1.36. The third kappa shape index (κ3) is 2.69. The van der Waals surface area contributed by atoms with Crippen LogP contribution in [0.3, 0.4) is 0 Å². The number of halogens is 1. The van der Waals surface area contributed by atoms with E-state index in [1.165, 1.54) is 40.6 Å². The minimum absolute atomic E-state index is 0.145. The first-order valence-corrected chi connectivity index (χ1v) is 7.54. The minimum atomic E-state index is -0.650. The zero-order chi connectivity index (χ0) is 15.7. The third-order valence-corrected chi connectivity index (χ3v) is 4.19. The van der Waals surface area contributed by atoms with Gasteiger partial charge in [0.15, 0.2) is 10.9 Å². The molecule has 2 N–H and O–H groups in total. The summed E-state index contributed by atoms with van der Waals surface area (Å²) in [5.41, 5.74) is -0.198. The first-order valence-electron chi connectivity index (χ1n) is 6.55. The van der Waals surface area contributed by atoms with Crippen LogP contribution in [0.15, 0.2) is 34.2 Å². The molecule has 0 aliphatic carbocycles. The Kier molecular flexibility index (Phi) is 3.84. The number of benzene rings is 1.